The van der Waals surface area contributed by atoms with Crippen LogP contribution in [-0.4, -0.2) is 19.5 Å². The third-order valence-corrected chi connectivity index (χ3v) is 5.23. The molecule has 0 radical (unpaired) electrons. The summed E-state index contributed by atoms with van der Waals surface area (Å²) in [4.78, 5) is 10.6. The number of furan rings is 1. The summed E-state index contributed by atoms with van der Waals surface area (Å²) >= 11 is 2.92. The molecular formula is C13H12BrNO5S. The van der Waals surface area contributed by atoms with Crippen LogP contribution in [0.2, 0.25) is 0 Å². The molecule has 0 fully saturated rings. The number of aryl methyl sites for hydroxylation is 1. The average Bonchev–Trinajstić information content (AvgIpc) is 2.78. The molecule has 0 saturated heterocycles. The number of hydrogen-bond donors (Lipinski definition) is 2. The van der Waals surface area contributed by atoms with Crippen LogP contribution < -0.4 is 4.72 Å². The highest BCUT2D eigenvalue weighted by atomic mass is 79.9. The molecule has 0 aliphatic heterocycles. The first-order chi connectivity index (χ1) is 9.72. The number of carbonyl (C=O) groups is 1. The zero-order chi connectivity index (χ0) is 15.8. The van der Waals surface area contributed by atoms with E-state index in [1.165, 1.54) is 0 Å². The van der Waals surface area contributed by atoms with E-state index in [0.29, 0.717) is 5.69 Å². The number of hydrogen-bond acceptors (Lipinski definition) is 4. The van der Waals surface area contributed by atoms with Crippen LogP contribution in [0.5, 0.6) is 0 Å². The van der Waals surface area contributed by atoms with Gasteiger partial charge in [-0.25, -0.2) is 13.2 Å². The van der Waals surface area contributed by atoms with Crippen molar-refractivity contribution in [3.05, 3.63) is 45.8 Å². The lowest BCUT2D eigenvalue weighted by molar-refractivity contribution is 0.0661. The minimum absolute atomic E-state index is 0.155. The van der Waals surface area contributed by atoms with Crippen molar-refractivity contribution in [2.75, 3.05) is 4.72 Å². The van der Waals surface area contributed by atoms with Crippen LogP contribution in [0.25, 0.3) is 0 Å². The molecule has 0 aliphatic rings. The van der Waals surface area contributed by atoms with Crippen molar-refractivity contribution in [3.8, 4) is 0 Å². The molecule has 0 saturated carbocycles. The monoisotopic (exact) mass is 373 g/mol. The van der Waals surface area contributed by atoms with Gasteiger partial charge in [-0.3, -0.25) is 4.72 Å². The molecular weight excluding hydrogens is 362 g/mol. The smallest absolute Gasteiger partial charge is 0.371 e. The fourth-order valence-electron chi connectivity index (χ4n) is 1.70. The Kier molecular flexibility index (Phi) is 4.11. The van der Waals surface area contributed by atoms with E-state index in [2.05, 4.69) is 20.7 Å². The van der Waals surface area contributed by atoms with Crippen LogP contribution in [-0.2, 0) is 10.0 Å². The lowest BCUT2D eigenvalue weighted by Gasteiger charge is -2.11. The van der Waals surface area contributed by atoms with Gasteiger partial charge >= 0.3 is 5.97 Å². The molecule has 1 heterocycles. The highest BCUT2D eigenvalue weighted by molar-refractivity contribution is 9.10. The van der Waals surface area contributed by atoms with Crippen molar-refractivity contribution in [1.29, 1.82) is 0 Å². The molecule has 112 valence electrons. The first kappa shape index (κ1) is 15.6. The highest BCUT2D eigenvalue weighted by Crippen LogP contribution is 2.29. The second-order valence-corrected chi connectivity index (χ2v) is 6.78. The Morgan fingerprint density at radius 1 is 1.33 bits per heavy atom. The molecule has 21 heavy (non-hydrogen) atoms. The van der Waals surface area contributed by atoms with Gasteiger partial charge in [0, 0.05) is 6.07 Å². The molecule has 0 amide bonds. The number of halogens is 1. The zero-order valence-electron chi connectivity index (χ0n) is 11.2. The Bertz CT molecular complexity index is 810. The molecule has 2 rings (SSSR count). The number of aromatic carboxylic acids is 1. The quantitative estimate of drug-likeness (QED) is 0.857. The first-order valence-corrected chi connectivity index (χ1v) is 8.11. The van der Waals surface area contributed by atoms with Crippen LogP contribution >= 0.6 is 15.9 Å². The Labute approximate surface area is 130 Å². The highest BCUT2D eigenvalue weighted by Gasteiger charge is 2.25. The second kappa shape index (κ2) is 5.53. The Balaban J connectivity index is 2.43. The van der Waals surface area contributed by atoms with Gasteiger partial charge < -0.3 is 9.52 Å². The van der Waals surface area contributed by atoms with Gasteiger partial charge in [0.05, 0.1) is 5.69 Å². The maximum absolute atomic E-state index is 12.3. The molecule has 0 spiro atoms. The standard InChI is InChI=1S/C13H12BrNO5S/c1-7-4-3-5-9(8(7)2)15-21(18,19)11-6-10(13(16)17)20-12(11)14/h3-6,15H,1-2H3,(H,16,17). The number of benzene rings is 1. The van der Waals surface area contributed by atoms with Crippen molar-refractivity contribution in [1.82, 2.24) is 0 Å². The molecule has 0 aliphatic carbocycles. The molecule has 0 bridgehead atoms. The van der Waals surface area contributed by atoms with Crippen molar-refractivity contribution in [3.63, 3.8) is 0 Å². The van der Waals surface area contributed by atoms with Gasteiger partial charge in [0.2, 0.25) is 5.76 Å². The molecule has 1 aromatic heterocycles. The van der Waals surface area contributed by atoms with Gasteiger partial charge in [-0.1, -0.05) is 12.1 Å². The van der Waals surface area contributed by atoms with Crippen LogP contribution in [0.15, 0.2) is 38.2 Å². The first-order valence-electron chi connectivity index (χ1n) is 5.84. The maximum atomic E-state index is 12.3. The van der Waals surface area contributed by atoms with E-state index in [4.69, 9.17) is 9.52 Å². The molecule has 0 atom stereocenters. The summed E-state index contributed by atoms with van der Waals surface area (Å²) in [6.45, 7) is 3.66. The third-order valence-electron chi connectivity index (χ3n) is 3.00. The average molecular weight is 374 g/mol. The zero-order valence-corrected chi connectivity index (χ0v) is 13.6. The van der Waals surface area contributed by atoms with E-state index in [9.17, 15) is 13.2 Å². The van der Waals surface area contributed by atoms with Gasteiger partial charge in [-0.15, -0.1) is 0 Å². The molecule has 1 aromatic carbocycles. The van der Waals surface area contributed by atoms with Crippen LogP contribution in [0, 0.1) is 13.8 Å². The maximum Gasteiger partial charge on any atom is 0.371 e. The Morgan fingerprint density at radius 3 is 2.57 bits per heavy atom. The van der Waals surface area contributed by atoms with Gasteiger partial charge in [0.15, 0.2) is 4.67 Å². The number of carboxylic acids is 1. The summed E-state index contributed by atoms with van der Waals surface area (Å²) in [5.41, 5.74) is 2.16. The summed E-state index contributed by atoms with van der Waals surface area (Å²) in [7, 11) is -3.95. The van der Waals surface area contributed by atoms with Crippen LogP contribution in [0.3, 0.4) is 0 Å². The summed E-state index contributed by atoms with van der Waals surface area (Å²) in [6.07, 6.45) is 0. The number of sulfonamides is 1. The number of nitrogens with one attached hydrogen (secondary N) is 1. The summed E-state index contributed by atoms with van der Waals surface area (Å²) in [6, 6.07) is 6.18. The fraction of sp³-hybridized carbons (Fsp3) is 0.154. The SMILES string of the molecule is Cc1cccc(NS(=O)(=O)c2cc(C(=O)O)oc2Br)c1C. The normalized spacial score (nSPS) is 11.4. The predicted octanol–water partition coefficient (Wildman–Crippen LogP) is 3.16. The van der Waals surface area contributed by atoms with Crippen molar-refractivity contribution >= 4 is 37.6 Å². The van der Waals surface area contributed by atoms with Crippen LogP contribution in [0.1, 0.15) is 21.7 Å². The van der Waals surface area contributed by atoms with Gasteiger partial charge in [0.25, 0.3) is 10.0 Å². The second-order valence-electron chi connectivity index (χ2n) is 4.41. The minimum atomic E-state index is -3.95. The van der Waals surface area contributed by atoms with Crippen molar-refractivity contribution in [2.24, 2.45) is 0 Å². The largest absolute Gasteiger partial charge is 0.475 e. The van der Waals surface area contributed by atoms with E-state index in [0.717, 1.165) is 17.2 Å². The van der Waals surface area contributed by atoms with Gasteiger partial charge in [0.1, 0.15) is 4.90 Å². The van der Waals surface area contributed by atoms with E-state index in [-0.39, 0.29) is 9.56 Å². The lowest BCUT2D eigenvalue weighted by Crippen LogP contribution is -2.13. The molecule has 6 nitrogen and oxygen atoms in total. The van der Waals surface area contributed by atoms with E-state index >= 15 is 0 Å². The van der Waals surface area contributed by atoms with Crippen molar-refractivity contribution in [2.45, 2.75) is 18.7 Å². The van der Waals surface area contributed by atoms with Crippen molar-refractivity contribution < 1.29 is 22.7 Å². The van der Waals surface area contributed by atoms with Crippen LogP contribution in [0.4, 0.5) is 5.69 Å². The molecule has 2 aromatic rings. The summed E-state index contributed by atoms with van der Waals surface area (Å²) in [5, 5.41) is 8.83. The molecule has 0 unspecified atom stereocenters. The fourth-order valence-corrected chi connectivity index (χ4v) is 3.77. The van der Waals surface area contributed by atoms with E-state index < -0.39 is 21.8 Å². The topological polar surface area (TPSA) is 96.6 Å². The summed E-state index contributed by atoms with van der Waals surface area (Å²) < 4.78 is 31.8. The molecule has 2 N–H and O–H groups in total. The van der Waals surface area contributed by atoms with Gasteiger partial charge in [-0.2, -0.15) is 0 Å². The van der Waals surface area contributed by atoms with Gasteiger partial charge in [-0.05, 0) is 47.0 Å². The number of rotatable bonds is 4. The van der Waals surface area contributed by atoms with E-state index in [1.54, 1.807) is 19.1 Å². The third kappa shape index (κ3) is 3.11. The van der Waals surface area contributed by atoms with E-state index in [1.807, 2.05) is 13.0 Å². The number of anilines is 1. The molecule has 8 heteroatoms. The number of carboxylic acid groups (broad SMARTS) is 1. The Hall–Kier alpha value is -1.80. The Morgan fingerprint density at radius 2 is 2.00 bits per heavy atom. The minimum Gasteiger partial charge on any atom is -0.475 e. The predicted molar refractivity (Wildman–Crippen MR) is 80.1 cm³/mol. The summed E-state index contributed by atoms with van der Waals surface area (Å²) in [5.74, 6) is -1.80. The lowest BCUT2D eigenvalue weighted by atomic mass is 10.1.